The van der Waals surface area contributed by atoms with Crippen LogP contribution in [0.3, 0.4) is 0 Å². The minimum Gasteiger partial charge on any atom is -0.317 e. The first-order chi connectivity index (χ1) is 35.2. The highest BCUT2D eigenvalue weighted by molar-refractivity contribution is 5.90. The fourth-order valence-corrected chi connectivity index (χ4v) is 10.2. The average molecular weight is 919 g/mol. The zero-order valence-corrected chi connectivity index (χ0v) is 41.8. The third kappa shape index (κ3) is 9.02. The van der Waals surface area contributed by atoms with Gasteiger partial charge >= 0.3 is 0 Å². The third-order valence-corrected chi connectivity index (χ3v) is 13.3. The van der Waals surface area contributed by atoms with Crippen LogP contribution in [0.4, 0.5) is 17.1 Å². The van der Waals surface area contributed by atoms with Crippen LogP contribution in [0.5, 0.6) is 0 Å². The van der Waals surface area contributed by atoms with Gasteiger partial charge in [-0.25, -0.2) is 0 Å². The van der Waals surface area contributed by atoms with Gasteiger partial charge in [0.15, 0.2) is 0 Å². The van der Waals surface area contributed by atoms with Crippen molar-refractivity contribution in [3.63, 3.8) is 0 Å². The first-order valence-electron chi connectivity index (χ1n) is 25.4. The van der Waals surface area contributed by atoms with Crippen molar-refractivity contribution >= 4 is 28.0 Å². The normalized spacial score (nSPS) is 11.6. The molecule has 71 heavy (non-hydrogen) atoms. The monoisotopic (exact) mass is 918 g/mol. The van der Waals surface area contributed by atoms with Gasteiger partial charge in [-0.1, -0.05) is 236 Å². The highest BCUT2D eigenvalue weighted by Crippen LogP contribution is 2.57. The topological polar surface area (TPSA) is 8.17 Å². The number of rotatable bonds is 9. The van der Waals surface area contributed by atoms with E-state index in [-0.39, 0.29) is 0 Å². The first kappa shape index (κ1) is 47.6. The number of fused-ring (bicyclic) bond motifs is 4. The van der Waals surface area contributed by atoms with Crippen LogP contribution in [-0.2, 0) is 5.41 Å². The number of hydrogen-bond acceptors (Lipinski definition) is 1. The predicted octanol–water partition coefficient (Wildman–Crippen LogP) is 19.5. The summed E-state index contributed by atoms with van der Waals surface area (Å²) < 4.78 is 2.28. The van der Waals surface area contributed by atoms with Crippen molar-refractivity contribution in [2.75, 3.05) is 4.90 Å². The van der Waals surface area contributed by atoms with Crippen molar-refractivity contribution in [3.05, 3.63) is 289 Å². The van der Waals surface area contributed by atoms with Crippen LogP contribution in [-0.4, -0.2) is 4.57 Å². The lowest BCUT2D eigenvalue weighted by atomic mass is 9.67. The molecular formula is C69H62N2. The molecule has 0 unspecified atom stereocenters. The molecule has 0 radical (unpaired) electrons. The van der Waals surface area contributed by atoms with Crippen LogP contribution in [0.15, 0.2) is 267 Å². The Morgan fingerprint density at radius 1 is 0.310 bits per heavy atom. The highest BCUT2D eigenvalue weighted by Gasteiger charge is 2.46. The molecule has 12 rings (SSSR count). The molecule has 348 valence electrons. The maximum absolute atomic E-state index is 2.44. The van der Waals surface area contributed by atoms with E-state index < -0.39 is 5.41 Å². The van der Waals surface area contributed by atoms with Gasteiger partial charge in [-0.15, -0.1) is 0 Å². The standard InChI is InChI=1S/C63H44N2.3C2H6/c1-5-15-45(16-6-1)47-27-34-55(35-28-47)65(57-38-39-59-58-23-13-14-24-60(58)63(61(59)44-57,52-19-9-3-10-20-52)53-21-11-4-12-22-53)56-36-29-49(30-37-56)48-25-32-54(33-26-48)64-42-41-51-43-50(31-40-62(51)64)46-17-7-2-8-18-46;3*1-2/h1-44H;3*1-2H3. The molecule has 2 nitrogen and oxygen atoms in total. The number of benzene rings is 10. The molecule has 0 N–H and O–H groups in total. The Balaban J connectivity index is 0.00000100. The number of nitrogens with zero attached hydrogens (tertiary/aromatic N) is 2. The minimum atomic E-state index is -0.499. The van der Waals surface area contributed by atoms with Gasteiger partial charge in [-0.2, -0.15) is 0 Å². The predicted molar refractivity (Wildman–Crippen MR) is 306 cm³/mol. The Bertz CT molecular complexity index is 3390. The molecular weight excluding hydrogens is 857 g/mol. The second kappa shape index (κ2) is 21.9. The molecule has 0 spiro atoms. The average Bonchev–Trinajstić information content (AvgIpc) is 4.03. The molecule has 0 bridgehead atoms. The quantitative estimate of drug-likeness (QED) is 0.140. The van der Waals surface area contributed by atoms with Gasteiger partial charge in [0.25, 0.3) is 0 Å². The van der Waals surface area contributed by atoms with E-state index in [1.54, 1.807) is 0 Å². The van der Waals surface area contributed by atoms with Gasteiger partial charge in [-0.05, 0) is 133 Å². The van der Waals surface area contributed by atoms with E-state index in [9.17, 15) is 0 Å². The molecule has 0 saturated carbocycles. The van der Waals surface area contributed by atoms with E-state index in [4.69, 9.17) is 0 Å². The summed E-state index contributed by atoms with van der Waals surface area (Å²) in [5, 5.41) is 1.23. The van der Waals surface area contributed by atoms with Crippen molar-refractivity contribution in [1.82, 2.24) is 4.57 Å². The molecule has 11 aromatic rings. The number of anilines is 3. The Kier molecular flexibility index (Phi) is 14.7. The van der Waals surface area contributed by atoms with E-state index in [2.05, 4.69) is 277 Å². The molecule has 10 aromatic carbocycles. The summed E-state index contributed by atoms with van der Waals surface area (Å²) >= 11 is 0. The van der Waals surface area contributed by atoms with Crippen LogP contribution in [0.2, 0.25) is 0 Å². The fourth-order valence-electron chi connectivity index (χ4n) is 10.2. The molecule has 1 aromatic heterocycles. The summed E-state index contributed by atoms with van der Waals surface area (Å²) in [5.74, 6) is 0. The van der Waals surface area contributed by atoms with Gasteiger partial charge < -0.3 is 9.47 Å². The SMILES string of the molecule is CC.CC.CC.c1ccc(-c2ccc(N(c3ccc(-c4ccc(-n5ccc6cc(-c7ccccc7)ccc65)cc4)cc3)c3ccc4c(c3)C(c3ccccc3)(c3ccccc3)c3ccccc3-4)cc2)cc1. The van der Waals surface area contributed by atoms with Crippen LogP contribution in [0.1, 0.15) is 63.8 Å². The molecule has 0 aliphatic heterocycles. The van der Waals surface area contributed by atoms with Crippen LogP contribution in [0.25, 0.3) is 61.1 Å². The van der Waals surface area contributed by atoms with Crippen molar-refractivity contribution in [2.24, 2.45) is 0 Å². The molecule has 1 aliphatic carbocycles. The van der Waals surface area contributed by atoms with Crippen molar-refractivity contribution in [2.45, 2.75) is 47.0 Å². The lowest BCUT2D eigenvalue weighted by molar-refractivity contribution is 0.768. The van der Waals surface area contributed by atoms with Gasteiger partial charge in [0, 0.05) is 34.3 Å². The second-order valence-electron chi connectivity index (χ2n) is 16.9. The lowest BCUT2D eigenvalue weighted by Crippen LogP contribution is -2.28. The molecule has 0 saturated heterocycles. The highest BCUT2D eigenvalue weighted by atomic mass is 15.1. The Morgan fingerprint density at radius 3 is 1.25 bits per heavy atom. The summed E-state index contributed by atoms with van der Waals surface area (Å²) in [4.78, 5) is 2.41. The largest absolute Gasteiger partial charge is 0.317 e. The summed E-state index contributed by atoms with van der Waals surface area (Å²) in [5.41, 5.74) is 20.0. The maximum Gasteiger partial charge on any atom is 0.0714 e. The second-order valence-corrected chi connectivity index (χ2v) is 16.9. The van der Waals surface area contributed by atoms with Crippen LogP contribution < -0.4 is 4.90 Å². The maximum atomic E-state index is 2.44. The molecule has 0 atom stereocenters. The smallest absolute Gasteiger partial charge is 0.0714 e. The molecule has 0 fully saturated rings. The van der Waals surface area contributed by atoms with Crippen LogP contribution >= 0.6 is 0 Å². The first-order valence-corrected chi connectivity index (χ1v) is 25.4. The lowest BCUT2D eigenvalue weighted by Gasteiger charge is -2.35. The van der Waals surface area contributed by atoms with E-state index in [1.807, 2.05) is 41.5 Å². The van der Waals surface area contributed by atoms with Gasteiger partial charge in [0.1, 0.15) is 0 Å². The van der Waals surface area contributed by atoms with E-state index >= 15 is 0 Å². The van der Waals surface area contributed by atoms with Gasteiger partial charge in [0.05, 0.1) is 10.9 Å². The van der Waals surface area contributed by atoms with E-state index in [0.29, 0.717) is 0 Å². The molecule has 0 amide bonds. The number of aromatic nitrogens is 1. The Hall–Kier alpha value is -8.46. The van der Waals surface area contributed by atoms with Crippen molar-refractivity contribution < 1.29 is 0 Å². The van der Waals surface area contributed by atoms with Gasteiger partial charge in [-0.3, -0.25) is 0 Å². The van der Waals surface area contributed by atoms with Gasteiger partial charge in [0.2, 0.25) is 0 Å². The van der Waals surface area contributed by atoms with E-state index in [0.717, 1.165) is 22.7 Å². The van der Waals surface area contributed by atoms with Crippen molar-refractivity contribution in [3.8, 4) is 50.2 Å². The summed E-state index contributed by atoms with van der Waals surface area (Å²) in [6.45, 7) is 12.0. The molecule has 1 heterocycles. The van der Waals surface area contributed by atoms with E-state index in [1.165, 1.54) is 77.7 Å². The summed E-state index contributed by atoms with van der Waals surface area (Å²) in [6.07, 6.45) is 2.17. The summed E-state index contributed by atoms with van der Waals surface area (Å²) in [6, 6.07) is 95.2. The summed E-state index contributed by atoms with van der Waals surface area (Å²) in [7, 11) is 0. The Labute approximate surface area is 421 Å². The fraction of sp³-hybridized carbons (Fsp3) is 0.101. The molecule has 1 aliphatic rings. The van der Waals surface area contributed by atoms with Crippen LogP contribution in [0, 0.1) is 0 Å². The van der Waals surface area contributed by atoms with Crippen molar-refractivity contribution in [1.29, 1.82) is 0 Å². The Morgan fingerprint density at radius 2 is 0.718 bits per heavy atom. The molecule has 2 heteroatoms. The zero-order valence-electron chi connectivity index (χ0n) is 41.8. The number of hydrogen-bond donors (Lipinski definition) is 0. The third-order valence-electron chi connectivity index (χ3n) is 13.3. The minimum absolute atomic E-state index is 0.499. The zero-order chi connectivity index (χ0) is 49.2.